The molecule has 11 nitrogen and oxygen atoms in total. The van der Waals surface area contributed by atoms with E-state index in [9.17, 15) is 23.6 Å². The molecule has 2 aromatic carbocycles. The minimum Gasteiger partial charge on any atom is -0.368 e. The Morgan fingerprint density at radius 2 is 1.50 bits per heavy atom. The van der Waals surface area contributed by atoms with E-state index in [1.165, 1.54) is 21.9 Å². The minimum atomic E-state index is -0.804. The van der Waals surface area contributed by atoms with Gasteiger partial charge in [0, 0.05) is 57.6 Å². The molecule has 3 aliphatic heterocycles. The van der Waals surface area contributed by atoms with Gasteiger partial charge in [0.25, 0.3) is 5.91 Å². The number of urea groups is 2. The van der Waals surface area contributed by atoms with Crippen molar-refractivity contribution in [2.75, 3.05) is 47.4 Å². The lowest BCUT2D eigenvalue weighted by molar-refractivity contribution is -0.131. The average molecular weight is 626 g/mol. The van der Waals surface area contributed by atoms with Gasteiger partial charge in [0.1, 0.15) is 17.2 Å². The molecule has 3 aromatic rings. The second kappa shape index (κ2) is 12.1. The molecule has 4 fully saturated rings. The molecule has 7 rings (SSSR count). The summed E-state index contributed by atoms with van der Waals surface area (Å²) in [5, 5.41) is 2.91. The Bertz CT molecular complexity index is 1670. The Hall–Kier alpha value is -5.00. The van der Waals surface area contributed by atoms with E-state index in [0.29, 0.717) is 18.5 Å². The van der Waals surface area contributed by atoms with E-state index < -0.39 is 11.6 Å². The van der Waals surface area contributed by atoms with Gasteiger partial charge in [-0.3, -0.25) is 14.5 Å². The Labute approximate surface area is 266 Å². The second-order valence-corrected chi connectivity index (χ2v) is 12.4. The minimum absolute atomic E-state index is 0.129. The highest BCUT2D eigenvalue weighted by atomic mass is 19.1. The third-order valence-electron chi connectivity index (χ3n) is 9.51. The van der Waals surface area contributed by atoms with Crippen LogP contribution in [-0.4, -0.2) is 76.9 Å². The van der Waals surface area contributed by atoms with E-state index >= 15 is 0 Å². The summed E-state index contributed by atoms with van der Waals surface area (Å²) < 4.78 is 13.3. The molecule has 1 spiro atoms. The lowest BCUT2D eigenvalue weighted by Gasteiger charge is -2.37. The maximum atomic E-state index is 13.6. The van der Waals surface area contributed by atoms with Crippen molar-refractivity contribution in [1.29, 1.82) is 0 Å². The highest BCUT2D eigenvalue weighted by Gasteiger charge is 2.53. The van der Waals surface area contributed by atoms with Crippen molar-refractivity contribution in [3.8, 4) is 0 Å². The lowest BCUT2D eigenvalue weighted by atomic mass is 9.98. The van der Waals surface area contributed by atoms with Gasteiger partial charge >= 0.3 is 12.1 Å². The van der Waals surface area contributed by atoms with Crippen LogP contribution in [0.5, 0.6) is 0 Å². The van der Waals surface area contributed by atoms with Crippen LogP contribution < -0.4 is 20.0 Å². The summed E-state index contributed by atoms with van der Waals surface area (Å²) in [7, 11) is 0. The predicted molar refractivity (Wildman–Crippen MR) is 170 cm³/mol. The number of carbonyl (C=O) groups is 4. The van der Waals surface area contributed by atoms with Crippen molar-refractivity contribution >= 4 is 41.1 Å². The van der Waals surface area contributed by atoms with Crippen molar-refractivity contribution in [2.45, 2.75) is 50.7 Å². The zero-order chi connectivity index (χ0) is 31.8. The first-order chi connectivity index (χ1) is 22.3. The van der Waals surface area contributed by atoms with Crippen molar-refractivity contribution in [1.82, 2.24) is 20.1 Å². The van der Waals surface area contributed by atoms with Crippen LogP contribution in [0.25, 0.3) is 0 Å². The van der Waals surface area contributed by atoms with Gasteiger partial charge in [-0.25, -0.2) is 23.9 Å². The molecule has 4 heterocycles. The van der Waals surface area contributed by atoms with Crippen molar-refractivity contribution in [2.24, 2.45) is 0 Å². The number of anilines is 3. The molecule has 1 aromatic heterocycles. The Morgan fingerprint density at radius 3 is 2.26 bits per heavy atom. The third kappa shape index (κ3) is 5.63. The summed E-state index contributed by atoms with van der Waals surface area (Å²) in [6.45, 7) is 3.63. The van der Waals surface area contributed by atoms with E-state index in [1.807, 2.05) is 18.2 Å². The van der Waals surface area contributed by atoms with Gasteiger partial charge < -0.3 is 20.0 Å². The number of carbonyl (C=O) groups excluding carboxylic acids is 4. The van der Waals surface area contributed by atoms with Gasteiger partial charge in [-0.05, 0) is 72.5 Å². The maximum absolute atomic E-state index is 13.6. The summed E-state index contributed by atoms with van der Waals surface area (Å²) >= 11 is 0. The summed E-state index contributed by atoms with van der Waals surface area (Å²) in [6.07, 6.45) is 5.00. The van der Waals surface area contributed by atoms with Crippen LogP contribution in [0, 0.1) is 5.82 Å². The van der Waals surface area contributed by atoms with Gasteiger partial charge in [0.15, 0.2) is 0 Å². The monoisotopic (exact) mass is 625 g/mol. The number of nitrogens with one attached hydrogen (secondary N) is 1. The fraction of sp³-hybridized carbons (Fsp3) is 0.382. The predicted octanol–water partition coefficient (Wildman–Crippen LogP) is 4.27. The standard InChI is InChI=1S/C34H36FN7O4/c35-26-6-8-27(9-7-26)38-16-18-39(19-17-38)29-21-25(10-14-36-29)23-41-30(43)11-15-40(33(41)46)22-24-4-3-5-28(20-24)42-31(44)34(37-32(42)45)12-1-2-13-34/h3-10,14,20-21H,1-2,11-13,15-19,22-23H2,(H,37,45). The first kappa shape index (κ1) is 29.7. The molecule has 1 aliphatic carbocycles. The van der Waals surface area contributed by atoms with Gasteiger partial charge in [0.05, 0.1) is 12.2 Å². The molecule has 0 radical (unpaired) electrons. The maximum Gasteiger partial charge on any atom is 0.329 e. The third-order valence-corrected chi connectivity index (χ3v) is 9.51. The topological polar surface area (TPSA) is 109 Å². The van der Waals surface area contributed by atoms with Crippen molar-refractivity contribution in [3.05, 3.63) is 83.8 Å². The van der Waals surface area contributed by atoms with Gasteiger partial charge in [0.2, 0.25) is 5.91 Å². The van der Waals surface area contributed by atoms with Gasteiger partial charge in [-0.2, -0.15) is 0 Å². The Kier molecular flexibility index (Phi) is 7.79. The van der Waals surface area contributed by atoms with E-state index in [2.05, 4.69) is 20.1 Å². The number of benzene rings is 2. The van der Waals surface area contributed by atoms with E-state index in [-0.39, 0.29) is 49.7 Å². The van der Waals surface area contributed by atoms with E-state index in [1.54, 1.807) is 41.4 Å². The van der Waals surface area contributed by atoms with Crippen LogP contribution in [0.2, 0.25) is 0 Å². The number of hydrogen-bond acceptors (Lipinski definition) is 7. The highest BCUT2D eigenvalue weighted by molar-refractivity contribution is 6.23. The first-order valence-corrected chi connectivity index (χ1v) is 15.8. The number of pyridine rings is 1. The Balaban J connectivity index is 0.999. The highest BCUT2D eigenvalue weighted by Crippen LogP contribution is 2.37. The summed E-state index contributed by atoms with van der Waals surface area (Å²) in [5.74, 6) is 0.0718. The molecule has 0 atom stereocenters. The van der Waals surface area contributed by atoms with E-state index in [0.717, 1.165) is 61.7 Å². The summed E-state index contributed by atoms with van der Waals surface area (Å²) in [5.41, 5.74) is 2.22. The number of amides is 6. The second-order valence-electron chi connectivity index (χ2n) is 12.4. The number of imide groups is 2. The molecular formula is C34H36FN7O4. The van der Waals surface area contributed by atoms with Crippen molar-refractivity contribution in [3.63, 3.8) is 0 Å². The van der Waals surface area contributed by atoms with Crippen molar-refractivity contribution < 1.29 is 23.6 Å². The molecule has 1 saturated carbocycles. The van der Waals surface area contributed by atoms with Gasteiger partial charge in [-0.1, -0.05) is 25.0 Å². The zero-order valence-electron chi connectivity index (χ0n) is 25.5. The first-order valence-electron chi connectivity index (χ1n) is 15.8. The van der Waals surface area contributed by atoms with Gasteiger partial charge in [-0.15, -0.1) is 0 Å². The van der Waals surface area contributed by atoms with Crippen LogP contribution in [0.1, 0.15) is 43.2 Å². The molecule has 46 heavy (non-hydrogen) atoms. The molecule has 3 saturated heterocycles. The molecule has 4 aliphatic rings. The van der Waals surface area contributed by atoms with Crippen LogP contribution in [0.3, 0.4) is 0 Å². The summed E-state index contributed by atoms with van der Waals surface area (Å²) in [4.78, 5) is 65.7. The molecule has 0 bridgehead atoms. The van der Waals surface area contributed by atoms with Crippen LogP contribution >= 0.6 is 0 Å². The number of aromatic nitrogens is 1. The largest absolute Gasteiger partial charge is 0.368 e. The number of piperazine rings is 1. The van der Waals surface area contributed by atoms with Crippen LogP contribution in [0.15, 0.2) is 66.9 Å². The molecule has 238 valence electrons. The SMILES string of the molecule is O=C1CCN(Cc2cccc(N3C(=O)NC4(CCCC4)C3=O)c2)C(=O)N1Cc1ccnc(N2CCN(c3ccc(F)cc3)CC2)c1. The fourth-order valence-corrected chi connectivity index (χ4v) is 6.99. The number of nitrogens with zero attached hydrogens (tertiary/aromatic N) is 6. The lowest BCUT2D eigenvalue weighted by Crippen LogP contribution is -2.51. The quantitative estimate of drug-likeness (QED) is 0.391. The Morgan fingerprint density at radius 1 is 0.783 bits per heavy atom. The molecular weight excluding hydrogens is 589 g/mol. The normalized spacial score (nSPS) is 19.9. The molecule has 6 amide bonds. The van der Waals surface area contributed by atoms with Crippen LogP contribution in [-0.2, 0) is 22.7 Å². The molecule has 1 N–H and O–H groups in total. The summed E-state index contributed by atoms with van der Waals surface area (Å²) in [6, 6.07) is 16.6. The average Bonchev–Trinajstić information content (AvgIpc) is 3.64. The number of hydrogen-bond donors (Lipinski definition) is 1. The van der Waals surface area contributed by atoms with Crippen LogP contribution in [0.4, 0.5) is 31.2 Å². The smallest absolute Gasteiger partial charge is 0.329 e. The van der Waals surface area contributed by atoms with E-state index in [4.69, 9.17) is 0 Å². The zero-order valence-corrected chi connectivity index (χ0v) is 25.5. The number of halogens is 1. The fourth-order valence-electron chi connectivity index (χ4n) is 6.99. The molecule has 0 unspecified atom stereocenters. The molecule has 12 heteroatoms. The number of rotatable bonds is 7.